The van der Waals surface area contributed by atoms with Crippen LogP contribution in [0.3, 0.4) is 0 Å². The van der Waals surface area contributed by atoms with Gasteiger partial charge in [0.2, 0.25) is 5.91 Å². The third-order valence-corrected chi connectivity index (χ3v) is 6.02. The Morgan fingerprint density at radius 3 is 1.51 bits per heavy atom. The van der Waals surface area contributed by atoms with E-state index in [1.54, 1.807) is 16.8 Å². The van der Waals surface area contributed by atoms with Crippen LogP contribution in [0.25, 0.3) is 0 Å². The number of amides is 3. The molecule has 0 aliphatic carbocycles. The molecule has 2 rings (SSSR count). The van der Waals surface area contributed by atoms with E-state index in [0.29, 0.717) is 32.4 Å². The molecule has 0 radical (unpaired) electrons. The number of carboxylic acids is 1. The van der Waals surface area contributed by atoms with Crippen LogP contribution in [0.2, 0.25) is 0 Å². The van der Waals surface area contributed by atoms with Gasteiger partial charge in [0.05, 0.1) is 7.11 Å². The first-order valence-corrected chi connectivity index (χ1v) is 13.1. The highest BCUT2D eigenvalue weighted by molar-refractivity contribution is 5.75. The Hall–Kier alpha value is -2.56. The van der Waals surface area contributed by atoms with Gasteiger partial charge in [-0.1, -0.05) is 14.9 Å². The number of hydrogen-bond acceptors (Lipinski definition) is 7. The Balaban J connectivity index is 0. The predicted molar refractivity (Wildman–Crippen MR) is 151 cm³/mol. The van der Waals surface area contributed by atoms with Crippen LogP contribution in [0.1, 0.15) is 108 Å². The second kappa shape index (κ2) is 17.2. The van der Waals surface area contributed by atoms with Gasteiger partial charge < -0.3 is 24.4 Å². The van der Waals surface area contributed by atoms with E-state index < -0.39 is 17.2 Å². The van der Waals surface area contributed by atoms with Crippen LogP contribution in [-0.2, 0) is 23.9 Å². The van der Waals surface area contributed by atoms with Crippen molar-refractivity contribution in [3.05, 3.63) is 0 Å². The molecule has 0 saturated carbocycles. The fourth-order valence-corrected chi connectivity index (χ4v) is 4.23. The van der Waals surface area contributed by atoms with Gasteiger partial charge in [0, 0.05) is 45.1 Å². The highest BCUT2D eigenvalue weighted by atomic mass is 16.7. The number of aliphatic carboxylic acids is 1. The molecule has 0 aromatic carbocycles. The van der Waals surface area contributed by atoms with Crippen LogP contribution in [0, 0.1) is 0 Å². The number of hydroxylamine groups is 2. The van der Waals surface area contributed by atoms with Gasteiger partial charge in [-0.25, -0.2) is 14.7 Å². The number of likely N-dealkylation sites (tertiary alicyclic amines) is 2. The Morgan fingerprint density at radius 1 is 0.795 bits per heavy atom. The lowest BCUT2D eigenvalue weighted by molar-refractivity contribution is -0.169. The molecule has 11 heteroatoms. The van der Waals surface area contributed by atoms with Crippen molar-refractivity contribution in [2.24, 2.45) is 0 Å². The molecular weight excluding hydrogens is 506 g/mol. The molecule has 3 amide bonds. The summed E-state index contributed by atoms with van der Waals surface area (Å²) in [6.07, 6.45) is 4.67. The second-order valence-corrected chi connectivity index (χ2v) is 11.5. The molecule has 2 aliphatic heterocycles. The van der Waals surface area contributed by atoms with E-state index in [1.807, 2.05) is 41.5 Å². The summed E-state index contributed by atoms with van der Waals surface area (Å²) in [5, 5.41) is 9.87. The van der Waals surface area contributed by atoms with Gasteiger partial charge in [-0.2, -0.15) is 0 Å². The van der Waals surface area contributed by atoms with Gasteiger partial charge in [0.15, 0.2) is 0 Å². The van der Waals surface area contributed by atoms with Crippen LogP contribution in [-0.4, -0.2) is 94.6 Å². The summed E-state index contributed by atoms with van der Waals surface area (Å²) in [7, 11) is 3.04. The lowest BCUT2D eigenvalue weighted by atomic mass is 10.1. The van der Waals surface area contributed by atoms with Crippen LogP contribution >= 0.6 is 0 Å². The molecule has 1 N–H and O–H groups in total. The molecule has 0 aromatic rings. The molecule has 230 valence electrons. The Kier molecular flexibility index (Phi) is 17.0. The van der Waals surface area contributed by atoms with Gasteiger partial charge in [0.1, 0.15) is 11.2 Å². The number of carbonyl (C=O) groups excluding carboxylic acids is 3. The molecule has 0 unspecified atom stereocenters. The summed E-state index contributed by atoms with van der Waals surface area (Å²) in [6, 6.07) is 0.0972. The molecule has 39 heavy (non-hydrogen) atoms. The minimum absolute atomic E-state index is 0. The fraction of sp³-hybridized carbons (Fsp3) is 0.857. The molecule has 2 aliphatic rings. The van der Waals surface area contributed by atoms with E-state index in [4.69, 9.17) is 19.4 Å². The van der Waals surface area contributed by atoms with Crippen molar-refractivity contribution in [2.45, 2.75) is 131 Å². The normalized spacial score (nSPS) is 18.7. The summed E-state index contributed by atoms with van der Waals surface area (Å²) in [5.41, 5.74) is -0.993. The first-order chi connectivity index (χ1) is 17.0. The number of hydrogen-bond donors (Lipinski definition) is 1. The average Bonchev–Trinajstić information content (AvgIpc) is 3.43. The van der Waals surface area contributed by atoms with Crippen molar-refractivity contribution in [3.8, 4) is 0 Å². The lowest BCUT2D eigenvalue weighted by Crippen LogP contribution is -2.40. The Bertz CT molecular complexity index is 776. The summed E-state index contributed by atoms with van der Waals surface area (Å²) < 4.78 is 10.7. The zero-order valence-corrected chi connectivity index (χ0v) is 23.9. The van der Waals surface area contributed by atoms with Gasteiger partial charge in [-0.3, -0.25) is 14.4 Å². The van der Waals surface area contributed by atoms with Gasteiger partial charge in [-0.15, -0.1) is 0 Å². The lowest BCUT2D eigenvalue weighted by Gasteiger charge is -2.28. The van der Waals surface area contributed by atoms with E-state index in [1.165, 1.54) is 12.2 Å². The third kappa shape index (κ3) is 15.0. The minimum Gasteiger partial charge on any atom is -0.481 e. The van der Waals surface area contributed by atoms with Gasteiger partial charge in [0.25, 0.3) is 0 Å². The number of ether oxygens (including phenoxy) is 2. The largest absolute Gasteiger partial charge is 0.481 e. The molecule has 0 bridgehead atoms. The maximum Gasteiger partial charge on any atom is 0.410 e. The van der Waals surface area contributed by atoms with Crippen molar-refractivity contribution >= 4 is 24.1 Å². The van der Waals surface area contributed by atoms with Crippen LogP contribution in [0.4, 0.5) is 9.59 Å². The van der Waals surface area contributed by atoms with E-state index in [0.717, 1.165) is 25.7 Å². The standard InChI is InChI=1S/C14H26N2O4.C12H21NO4.2CH4/c1-14(2,3)20-13(18)16-10-6-7-11(16)8-9-12(17)15(4)19-5;1-12(2,3)17-11(16)13-8-4-5-9(13)6-7-10(14)15;;/h11H,6-10H2,1-5H3;9H,4-8H2,1-3H3,(H,14,15);2*1H4/t11-;9-;;/m00../s1. The summed E-state index contributed by atoms with van der Waals surface area (Å²) in [5.74, 6) is -0.899. The summed E-state index contributed by atoms with van der Waals surface area (Å²) in [4.78, 5) is 54.4. The molecule has 2 fully saturated rings. The first kappa shape index (κ1) is 38.6. The van der Waals surface area contributed by atoms with Crippen molar-refractivity contribution < 1.29 is 38.6 Å². The molecule has 2 heterocycles. The van der Waals surface area contributed by atoms with Gasteiger partial charge in [-0.05, 0) is 80.1 Å². The molecule has 2 saturated heterocycles. The number of nitrogens with zero attached hydrogens (tertiary/aromatic N) is 3. The van der Waals surface area contributed by atoms with E-state index >= 15 is 0 Å². The molecule has 0 spiro atoms. The summed E-state index contributed by atoms with van der Waals surface area (Å²) in [6.45, 7) is 12.4. The van der Waals surface area contributed by atoms with Crippen molar-refractivity contribution in [1.29, 1.82) is 0 Å². The smallest absolute Gasteiger partial charge is 0.410 e. The second-order valence-electron chi connectivity index (χ2n) is 11.5. The first-order valence-electron chi connectivity index (χ1n) is 13.1. The average molecular weight is 562 g/mol. The Labute approximate surface area is 236 Å². The third-order valence-electron chi connectivity index (χ3n) is 6.02. The maximum atomic E-state index is 12.1. The van der Waals surface area contributed by atoms with E-state index in [-0.39, 0.29) is 51.5 Å². The van der Waals surface area contributed by atoms with Gasteiger partial charge >= 0.3 is 18.2 Å². The molecule has 0 aromatic heterocycles. The summed E-state index contributed by atoms with van der Waals surface area (Å²) >= 11 is 0. The fourth-order valence-electron chi connectivity index (χ4n) is 4.23. The quantitative estimate of drug-likeness (QED) is 0.392. The topological polar surface area (TPSA) is 126 Å². The predicted octanol–water partition coefficient (Wildman–Crippen LogP) is 5.71. The maximum absolute atomic E-state index is 12.1. The monoisotopic (exact) mass is 561 g/mol. The number of carboxylic acid groups (broad SMARTS) is 1. The number of rotatable bonds is 7. The van der Waals surface area contributed by atoms with Crippen molar-refractivity contribution in [2.75, 3.05) is 27.2 Å². The number of carbonyl (C=O) groups is 4. The van der Waals surface area contributed by atoms with Crippen LogP contribution in [0.15, 0.2) is 0 Å². The van der Waals surface area contributed by atoms with Crippen LogP contribution in [0.5, 0.6) is 0 Å². The van der Waals surface area contributed by atoms with Crippen molar-refractivity contribution in [3.63, 3.8) is 0 Å². The van der Waals surface area contributed by atoms with Crippen molar-refractivity contribution in [1.82, 2.24) is 14.9 Å². The molecule has 11 nitrogen and oxygen atoms in total. The molecule has 2 atom stereocenters. The highest BCUT2D eigenvalue weighted by Gasteiger charge is 2.33. The van der Waals surface area contributed by atoms with Crippen LogP contribution < -0.4 is 0 Å². The minimum atomic E-state index is -0.818. The zero-order chi connectivity index (χ0) is 28.4. The highest BCUT2D eigenvalue weighted by Crippen LogP contribution is 2.25. The zero-order valence-electron chi connectivity index (χ0n) is 23.9. The Morgan fingerprint density at radius 2 is 1.18 bits per heavy atom. The van der Waals surface area contributed by atoms with E-state index in [9.17, 15) is 19.2 Å². The molecular formula is C28H55N3O8. The SMILES string of the molecule is C.C.CC(C)(C)OC(=O)N1CCC[C@H]1CCC(=O)O.CON(C)C(=O)CC[C@@H]1CCCN1C(=O)OC(C)(C)C. The van der Waals surface area contributed by atoms with E-state index in [2.05, 4.69) is 0 Å².